The molecule has 1 aliphatic rings. The molecule has 0 bridgehead atoms. The van der Waals surface area contributed by atoms with Gasteiger partial charge in [-0.15, -0.1) is 0 Å². The summed E-state index contributed by atoms with van der Waals surface area (Å²) in [6, 6.07) is 11.4. The van der Waals surface area contributed by atoms with Gasteiger partial charge in [0.25, 0.3) is 0 Å². The quantitative estimate of drug-likeness (QED) is 0.390. The van der Waals surface area contributed by atoms with Gasteiger partial charge < -0.3 is 20.1 Å². The van der Waals surface area contributed by atoms with Crippen LogP contribution in [0.2, 0.25) is 0 Å². The summed E-state index contributed by atoms with van der Waals surface area (Å²) in [4.78, 5) is 25.5. The predicted molar refractivity (Wildman–Crippen MR) is 132 cm³/mol. The third-order valence-corrected chi connectivity index (χ3v) is 7.07. The molecule has 4 rings (SSSR count). The van der Waals surface area contributed by atoms with Crippen LogP contribution in [0.1, 0.15) is 87.4 Å². The Hall–Kier alpha value is -3.80. The number of aryl methyl sites for hydroxylation is 2. The molecule has 3 aromatic carbocycles. The Morgan fingerprint density at radius 3 is 1.74 bits per heavy atom. The van der Waals surface area contributed by atoms with E-state index in [-0.39, 0.29) is 22.6 Å². The van der Waals surface area contributed by atoms with Crippen LogP contribution in [0, 0.1) is 0 Å². The van der Waals surface area contributed by atoms with Gasteiger partial charge in [0.1, 0.15) is 11.5 Å². The Bertz CT molecular complexity index is 1280. The third kappa shape index (κ3) is 3.47. The molecule has 0 saturated carbocycles. The molecule has 0 atom stereocenters. The van der Waals surface area contributed by atoms with E-state index < -0.39 is 17.5 Å². The minimum Gasteiger partial charge on any atom is -0.507 e. The van der Waals surface area contributed by atoms with Crippen LogP contribution < -0.4 is 0 Å². The van der Waals surface area contributed by atoms with Gasteiger partial charge in [0, 0.05) is 5.56 Å². The van der Waals surface area contributed by atoms with Gasteiger partial charge in [-0.2, -0.15) is 0 Å². The van der Waals surface area contributed by atoms with E-state index in [2.05, 4.69) is 0 Å². The van der Waals surface area contributed by atoms with Crippen LogP contribution in [0.5, 0.6) is 11.5 Å². The second kappa shape index (κ2) is 9.10. The van der Waals surface area contributed by atoms with E-state index in [0.717, 1.165) is 22.3 Å². The number of hydrogen-bond acceptors (Lipinski definition) is 5. The summed E-state index contributed by atoms with van der Waals surface area (Å²) in [6.45, 7) is 7.93. The van der Waals surface area contributed by atoms with Gasteiger partial charge in [0.2, 0.25) is 0 Å². The highest BCUT2D eigenvalue weighted by molar-refractivity contribution is 6.06. The number of carboxylic acids is 1. The number of carboxylic acid groups (broad SMARTS) is 1. The molecule has 1 heterocycles. The van der Waals surface area contributed by atoms with Crippen molar-refractivity contribution >= 4 is 11.9 Å². The van der Waals surface area contributed by atoms with Crippen molar-refractivity contribution in [2.45, 2.75) is 59.0 Å². The summed E-state index contributed by atoms with van der Waals surface area (Å²) in [5.74, 6) is -2.21. The van der Waals surface area contributed by atoms with Crippen LogP contribution in [0.3, 0.4) is 0 Å². The molecule has 182 valence electrons. The number of carbonyl (C=O) groups excluding carboxylic acids is 1. The lowest BCUT2D eigenvalue weighted by molar-refractivity contribution is 0.0232. The van der Waals surface area contributed by atoms with Gasteiger partial charge in [0.15, 0.2) is 5.60 Å². The highest BCUT2D eigenvalue weighted by Crippen LogP contribution is 2.55. The largest absolute Gasteiger partial charge is 0.507 e. The maximum atomic E-state index is 13.4. The van der Waals surface area contributed by atoms with Crippen LogP contribution in [0.15, 0.2) is 42.5 Å². The first kappa shape index (κ1) is 24.3. The minimum absolute atomic E-state index is 0.0632. The zero-order chi connectivity index (χ0) is 25.5. The van der Waals surface area contributed by atoms with Crippen LogP contribution >= 0.6 is 0 Å². The number of carbonyl (C=O) groups is 2. The summed E-state index contributed by atoms with van der Waals surface area (Å²) < 4.78 is 6.21. The molecule has 0 spiro atoms. The average Bonchev–Trinajstić information content (AvgIpc) is 3.15. The summed E-state index contributed by atoms with van der Waals surface area (Å²) in [7, 11) is 0. The molecule has 0 unspecified atom stereocenters. The van der Waals surface area contributed by atoms with Crippen LogP contribution in [-0.2, 0) is 36.0 Å². The van der Waals surface area contributed by atoms with Crippen LogP contribution in [0.4, 0.5) is 0 Å². The van der Waals surface area contributed by atoms with Crippen molar-refractivity contribution < 1.29 is 29.6 Å². The number of esters is 1. The van der Waals surface area contributed by atoms with E-state index in [1.807, 2.05) is 39.8 Å². The molecule has 35 heavy (non-hydrogen) atoms. The number of hydrogen-bond donors (Lipinski definition) is 3. The van der Waals surface area contributed by atoms with Gasteiger partial charge >= 0.3 is 11.9 Å². The first-order valence-corrected chi connectivity index (χ1v) is 12.0. The number of ether oxygens (including phenoxy) is 1. The Kier molecular flexibility index (Phi) is 6.32. The van der Waals surface area contributed by atoms with Crippen molar-refractivity contribution in [3.8, 4) is 11.5 Å². The zero-order valence-electron chi connectivity index (χ0n) is 20.4. The molecule has 0 saturated heterocycles. The highest BCUT2D eigenvalue weighted by atomic mass is 16.6. The Morgan fingerprint density at radius 1 is 0.800 bits per heavy atom. The first-order chi connectivity index (χ1) is 16.8. The summed E-state index contributed by atoms with van der Waals surface area (Å²) in [5, 5.41) is 32.5. The number of phenolic OH excluding ortho intramolecular Hbond substituents is 2. The van der Waals surface area contributed by atoms with E-state index in [1.54, 1.807) is 24.3 Å². The fourth-order valence-electron chi connectivity index (χ4n) is 5.60. The monoisotopic (exact) mass is 474 g/mol. The Balaban J connectivity index is 2.29. The predicted octanol–water partition coefficient (Wildman–Crippen LogP) is 5.51. The first-order valence-electron chi connectivity index (χ1n) is 12.0. The summed E-state index contributed by atoms with van der Waals surface area (Å²) >= 11 is 0. The van der Waals surface area contributed by atoms with Gasteiger partial charge in [-0.1, -0.05) is 52.0 Å². The number of fused-ring (bicyclic) bond motifs is 1. The van der Waals surface area contributed by atoms with Crippen LogP contribution in [-0.4, -0.2) is 27.3 Å². The molecule has 0 aliphatic carbocycles. The molecule has 0 fully saturated rings. The number of aromatic hydroxyl groups is 2. The topological polar surface area (TPSA) is 104 Å². The van der Waals surface area contributed by atoms with E-state index >= 15 is 0 Å². The molecule has 1 aliphatic heterocycles. The molecule has 0 aromatic heterocycles. The number of benzene rings is 3. The van der Waals surface area contributed by atoms with Crippen LogP contribution in [0.25, 0.3) is 0 Å². The normalized spacial score (nSPS) is 14.0. The number of rotatable bonds is 7. The maximum Gasteiger partial charge on any atom is 0.341 e. The van der Waals surface area contributed by atoms with E-state index in [4.69, 9.17) is 4.74 Å². The lowest BCUT2D eigenvalue weighted by Gasteiger charge is -2.35. The second-order valence-electron chi connectivity index (χ2n) is 8.71. The van der Waals surface area contributed by atoms with E-state index in [0.29, 0.717) is 42.4 Å². The molecule has 6 nitrogen and oxygen atoms in total. The molecule has 0 radical (unpaired) electrons. The van der Waals surface area contributed by atoms with Crippen molar-refractivity contribution in [2.75, 3.05) is 0 Å². The Labute approximate surface area is 204 Å². The number of aromatic carboxylic acids is 1. The SMILES string of the molecule is CCc1ccc(O)c(C2(c3c(O)ccc(CC)c3CC)OC(=O)c3c(C(=O)O)cccc32)c1CC. The lowest BCUT2D eigenvalue weighted by Crippen LogP contribution is -2.33. The van der Waals surface area contributed by atoms with Gasteiger partial charge in [-0.3, -0.25) is 0 Å². The van der Waals surface area contributed by atoms with Crippen molar-refractivity contribution in [3.63, 3.8) is 0 Å². The Morgan fingerprint density at radius 2 is 1.31 bits per heavy atom. The maximum absolute atomic E-state index is 13.4. The molecular formula is C29H30O6. The molecule has 3 aromatic rings. The van der Waals surface area contributed by atoms with E-state index in [9.17, 15) is 24.9 Å². The van der Waals surface area contributed by atoms with Crippen molar-refractivity contribution in [2.24, 2.45) is 0 Å². The van der Waals surface area contributed by atoms with Crippen molar-refractivity contribution in [1.82, 2.24) is 0 Å². The van der Waals surface area contributed by atoms with Crippen molar-refractivity contribution in [1.29, 1.82) is 0 Å². The number of phenols is 2. The standard InChI is InChI=1S/C29H30O6/c1-5-16-12-14-22(30)25(18(16)7-3)29(26-19(8-4)17(6-2)13-15-23(26)31)21-11-9-10-20(27(32)33)24(21)28(34)35-29/h9-15,30-31H,5-8H2,1-4H3,(H,32,33). The zero-order valence-corrected chi connectivity index (χ0v) is 20.4. The summed E-state index contributed by atoms with van der Waals surface area (Å²) in [6.07, 6.45) is 2.44. The minimum atomic E-state index is -1.71. The third-order valence-electron chi connectivity index (χ3n) is 7.07. The second-order valence-corrected chi connectivity index (χ2v) is 8.71. The van der Waals surface area contributed by atoms with Gasteiger partial charge in [-0.05, 0) is 66.1 Å². The fourth-order valence-corrected chi connectivity index (χ4v) is 5.60. The fraction of sp³-hybridized carbons (Fsp3) is 0.310. The average molecular weight is 475 g/mol. The molecular weight excluding hydrogens is 444 g/mol. The van der Waals surface area contributed by atoms with Gasteiger partial charge in [0.05, 0.1) is 22.3 Å². The molecule has 0 amide bonds. The number of cyclic esters (lactones) is 1. The van der Waals surface area contributed by atoms with Crippen molar-refractivity contribution in [3.05, 3.63) is 92.5 Å². The highest BCUT2D eigenvalue weighted by Gasteiger charge is 2.54. The summed E-state index contributed by atoms with van der Waals surface area (Å²) in [5.41, 5.74) is 2.65. The van der Waals surface area contributed by atoms with E-state index in [1.165, 1.54) is 6.07 Å². The smallest absolute Gasteiger partial charge is 0.341 e. The lowest BCUT2D eigenvalue weighted by atomic mass is 9.72. The molecule has 6 heteroatoms. The molecule has 3 N–H and O–H groups in total. The van der Waals surface area contributed by atoms with Gasteiger partial charge in [-0.25, -0.2) is 9.59 Å².